The lowest BCUT2D eigenvalue weighted by molar-refractivity contribution is -0.122. The largest absolute Gasteiger partial charge is 0.353 e. The fraction of sp³-hybridized carbons (Fsp3) is 0.938. The van der Waals surface area contributed by atoms with Gasteiger partial charge in [-0.05, 0) is 12.8 Å². The van der Waals surface area contributed by atoms with Crippen LogP contribution >= 0.6 is 0 Å². The molecule has 0 aromatic heterocycles. The van der Waals surface area contributed by atoms with Gasteiger partial charge in [-0.3, -0.25) is 24.7 Å². The second-order valence-corrected chi connectivity index (χ2v) is 12.0. The lowest BCUT2D eigenvalue weighted by Gasteiger charge is -2.28. The number of hydrogen-bond acceptors (Lipinski definition) is 5. The molecular weight excluding hydrogens is 486 g/mol. The van der Waals surface area contributed by atoms with Crippen LogP contribution in [0.15, 0.2) is 0 Å². The third kappa shape index (κ3) is 18.7. The molecule has 2 amide bonds. The summed E-state index contributed by atoms with van der Waals surface area (Å²) in [7, 11) is 0. The number of carbonyl (C=O) groups excluding carboxylic acids is 2. The first-order valence-corrected chi connectivity index (χ1v) is 16.9. The zero-order valence-electron chi connectivity index (χ0n) is 25.8. The molecule has 2 heterocycles. The van der Waals surface area contributed by atoms with Crippen molar-refractivity contribution in [3.63, 3.8) is 0 Å². The Morgan fingerprint density at radius 2 is 0.821 bits per heavy atom. The SMILES string of the molecule is CCCCCCCCCCCC(=O)NCC(NC(CNC(=O)CCCCCCCCCCC)N1CC1)N1CC1. The Morgan fingerprint density at radius 3 is 1.13 bits per heavy atom. The Bertz CT molecular complexity index is 572. The average molecular weight is 550 g/mol. The maximum Gasteiger partial charge on any atom is 0.220 e. The van der Waals surface area contributed by atoms with Crippen molar-refractivity contribution >= 4 is 11.8 Å². The second kappa shape index (κ2) is 22.5. The van der Waals surface area contributed by atoms with E-state index in [0.717, 1.165) is 51.9 Å². The van der Waals surface area contributed by atoms with Gasteiger partial charge in [0, 0.05) is 52.1 Å². The van der Waals surface area contributed by atoms with Crippen LogP contribution in [0.2, 0.25) is 0 Å². The summed E-state index contributed by atoms with van der Waals surface area (Å²) in [5, 5.41) is 10.1. The Labute approximate surface area is 241 Å². The molecule has 2 fully saturated rings. The van der Waals surface area contributed by atoms with Gasteiger partial charge in [-0.2, -0.15) is 0 Å². The molecule has 0 aliphatic carbocycles. The predicted molar refractivity (Wildman–Crippen MR) is 164 cm³/mol. The Morgan fingerprint density at radius 1 is 0.513 bits per heavy atom. The molecule has 3 N–H and O–H groups in total. The molecule has 0 bridgehead atoms. The van der Waals surface area contributed by atoms with Crippen LogP contribution in [0.4, 0.5) is 0 Å². The summed E-state index contributed by atoms with van der Waals surface area (Å²) in [5.41, 5.74) is 0. The van der Waals surface area contributed by atoms with E-state index in [1.54, 1.807) is 0 Å². The third-order valence-corrected chi connectivity index (χ3v) is 8.23. The summed E-state index contributed by atoms with van der Waals surface area (Å²) in [5.74, 6) is 0.341. The minimum atomic E-state index is 0.136. The smallest absolute Gasteiger partial charge is 0.220 e. The zero-order valence-corrected chi connectivity index (χ0v) is 25.8. The van der Waals surface area contributed by atoms with Gasteiger partial charge in [0.15, 0.2) is 0 Å². The molecule has 228 valence electrons. The summed E-state index contributed by atoms with van der Waals surface area (Å²) in [4.78, 5) is 29.6. The van der Waals surface area contributed by atoms with E-state index in [2.05, 4.69) is 39.6 Å². The maximum absolute atomic E-state index is 12.4. The molecule has 2 saturated heterocycles. The zero-order chi connectivity index (χ0) is 28.0. The molecule has 0 aromatic carbocycles. The first-order valence-electron chi connectivity index (χ1n) is 16.9. The van der Waals surface area contributed by atoms with E-state index in [1.165, 1.54) is 89.9 Å². The minimum Gasteiger partial charge on any atom is -0.353 e. The summed E-state index contributed by atoms with van der Waals surface area (Å²) in [6, 6.07) is 0. The normalized spacial score (nSPS) is 16.7. The van der Waals surface area contributed by atoms with Gasteiger partial charge in [-0.25, -0.2) is 0 Å². The fourth-order valence-corrected chi connectivity index (χ4v) is 5.34. The van der Waals surface area contributed by atoms with Gasteiger partial charge >= 0.3 is 0 Å². The highest BCUT2D eigenvalue weighted by atomic mass is 16.2. The summed E-state index contributed by atoms with van der Waals surface area (Å²) in [6.07, 6.45) is 24.4. The van der Waals surface area contributed by atoms with Crippen LogP contribution in [0.3, 0.4) is 0 Å². The standard InChI is InChI=1S/C32H63N5O2/c1-3-5-7-9-11-13-15-17-19-21-31(38)33-27-29(36-23-24-36)35-30(37-25-26-37)28-34-32(39)22-20-18-16-14-12-10-8-6-4-2/h29-30,35H,3-28H2,1-2H3,(H,33,38)(H,34,39). The molecule has 7 nitrogen and oxygen atoms in total. The number of carbonyl (C=O) groups is 2. The minimum absolute atomic E-state index is 0.136. The van der Waals surface area contributed by atoms with Crippen molar-refractivity contribution in [2.24, 2.45) is 0 Å². The van der Waals surface area contributed by atoms with Crippen LogP contribution in [0.1, 0.15) is 142 Å². The maximum atomic E-state index is 12.4. The molecule has 0 saturated carbocycles. The number of hydrogen-bond donors (Lipinski definition) is 3. The lowest BCUT2D eigenvalue weighted by atomic mass is 10.1. The summed E-state index contributed by atoms with van der Waals surface area (Å²) >= 11 is 0. The highest BCUT2D eigenvalue weighted by Crippen LogP contribution is 2.15. The molecule has 0 spiro atoms. The predicted octanol–water partition coefficient (Wildman–Crippen LogP) is 5.93. The Balaban J connectivity index is 1.53. The highest BCUT2D eigenvalue weighted by molar-refractivity contribution is 5.76. The van der Waals surface area contributed by atoms with Crippen molar-refractivity contribution in [2.75, 3.05) is 39.3 Å². The molecule has 0 radical (unpaired) electrons. The first kappa shape index (κ1) is 34.0. The fourth-order valence-electron chi connectivity index (χ4n) is 5.34. The monoisotopic (exact) mass is 549 g/mol. The van der Waals surface area contributed by atoms with E-state index in [0.29, 0.717) is 25.9 Å². The van der Waals surface area contributed by atoms with Gasteiger partial charge in [0.05, 0.1) is 12.3 Å². The van der Waals surface area contributed by atoms with Crippen molar-refractivity contribution in [1.29, 1.82) is 0 Å². The molecule has 0 aromatic rings. The van der Waals surface area contributed by atoms with Crippen molar-refractivity contribution in [3.05, 3.63) is 0 Å². The molecule has 2 atom stereocenters. The van der Waals surface area contributed by atoms with E-state index in [1.807, 2.05) is 0 Å². The molecule has 2 aliphatic rings. The lowest BCUT2D eigenvalue weighted by Crippen LogP contribution is -2.55. The quantitative estimate of drug-likeness (QED) is 0.0833. The molecule has 2 rings (SSSR count). The van der Waals surface area contributed by atoms with Gasteiger partial charge in [0.2, 0.25) is 11.8 Å². The number of nitrogens with one attached hydrogen (secondary N) is 3. The molecule has 7 heteroatoms. The highest BCUT2D eigenvalue weighted by Gasteiger charge is 2.34. The van der Waals surface area contributed by atoms with Crippen LogP contribution < -0.4 is 16.0 Å². The number of rotatable bonds is 28. The van der Waals surface area contributed by atoms with Crippen LogP contribution in [0.5, 0.6) is 0 Å². The van der Waals surface area contributed by atoms with Gasteiger partial charge in [0.1, 0.15) is 0 Å². The van der Waals surface area contributed by atoms with Gasteiger partial charge in [0.25, 0.3) is 0 Å². The van der Waals surface area contributed by atoms with E-state index in [-0.39, 0.29) is 24.1 Å². The van der Waals surface area contributed by atoms with Gasteiger partial charge in [-0.1, -0.05) is 117 Å². The molecule has 2 unspecified atom stereocenters. The second-order valence-electron chi connectivity index (χ2n) is 12.0. The van der Waals surface area contributed by atoms with Crippen LogP contribution in [0.25, 0.3) is 0 Å². The van der Waals surface area contributed by atoms with Crippen LogP contribution in [-0.4, -0.2) is 73.2 Å². The number of unbranched alkanes of at least 4 members (excludes halogenated alkanes) is 16. The van der Waals surface area contributed by atoms with Crippen molar-refractivity contribution in [2.45, 2.75) is 155 Å². The van der Waals surface area contributed by atoms with Crippen LogP contribution in [0, 0.1) is 0 Å². The van der Waals surface area contributed by atoms with Crippen LogP contribution in [-0.2, 0) is 9.59 Å². The van der Waals surface area contributed by atoms with Gasteiger partial charge in [-0.15, -0.1) is 0 Å². The summed E-state index contributed by atoms with van der Waals surface area (Å²) < 4.78 is 0. The number of amides is 2. The van der Waals surface area contributed by atoms with Crippen molar-refractivity contribution in [1.82, 2.24) is 25.8 Å². The molecule has 39 heavy (non-hydrogen) atoms. The average Bonchev–Trinajstić information content (AvgIpc) is 3.85. The van der Waals surface area contributed by atoms with E-state index < -0.39 is 0 Å². The van der Waals surface area contributed by atoms with Crippen molar-refractivity contribution in [3.8, 4) is 0 Å². The Kier molecular flexibility index (Phi) is 19.6. The molecule has 2 aliphatic heterocycles. The van der Waals surface area contributed by atoms with E-state index >= 15 is 0 Å². The first-order chi connectivity index (χ1) is 19.1. The third-order valence-electron chi connectivity index (χ3n) is 8.23. The van der Waals surface area contributed by atoms with E-state index in [9.17, 15) is 9.59 Å². The van der Waals surface area contributed by atoms with E-state index in [4.69, 9.17) is 0 Å². The summed E-state index contributed by atoms with van der Waals surface area (Å²) in [6.45, 7) is 10.1. The van der Waals surface area contributed by atoms with Gasteiger partial charge < -0.3 is 10.6 Å². The number of nitrogens with zero attached hydrogens (tertiary/aromatic N) is 2. The van der Waals surface area contributed by atoms with Crippen molar-refractivity contribution < 1.29 is 9.59 Å². The topological polar surface area (TPSA) is 76.3 Å². The Hall–Kier alpha value is -1.18. The molecular formula is C32H63N5O2.